The van der Waals surface area contributed by atoms with Crippen LogP contribution in [-0.2, 0) is 15.2 Å². The quantitative estimate of drug-likeness (QED) is 0.457. The van der Waals surface area contributed by atoms with Gasteiger partial charge in [0.2, 0.25) is 0 Å². The van der Waals surface area contributed by atoms with E-state index in [0.29, 0.717) is 6.61 Å². The van der Waals surface area contributed by atoms with Crippen LogP contribution in [0.2, 0.25) is 0 Å². The van der Waals surface area contributed by atoms with Crippen LogP contribution in [0.4, 0.5) is 0 Å². The lowest BCUT2D eigenvalue weighted by atomic mass is 10.4. The van der Waals surface area contributed by atoms with E-state index in [1.54, 1.807) is 0 Å². The highest BCUT2D eigenvalue weighted by Crippen LogP contribution is 1.86. The first-order chi connectivity index (χ1) is 3.77. The minimum Gasteiger partial charge on any atom is -0.344 e. The van der Waals surface area contributed by atoms with Crippen LogP contribution in [0.15, 0.2) is 0 Å². The monoisotopic (exact) mass is 155 g/mol. The molecule has 0 bridgehead atoms. The van der Waals surface area contributed by atoms with E-state index in [2.05, 4.69) is 4.18 Å². The number of thiol groups is 1. The Bertz CT molecular complexity index is 104. The van der Waals surface area contributed by atoms with Crippen molar-refractivity contribution in [3.05, 3.63) is 0 Å². The average Bonchev–Trinajstić information content (AvgIpc) is 1.66. The number of hydrogen-bond donors (Lipinski definition) is 2. The second-order valence-electron chi connectivity index (χ2n) is 1.41. The maximum Gasteiger partial charge on any atom is 0.257 e. The molecule has 0 unspecified atom stereocenters. The Labute approximate surface area is 56.9 Å². The molecule has 0 saturated heterocycles. The van der Waals surface area contributed by atoms with Gasteiger partial charge in [0.05, 0.1) is 6.61 Å². The summed E-state index contributed by atoms with van der Waals surface area (Å²) in [5, 5.41) is 0. The standard InChI is InChI=1S/C4H10O3S.H3N/c1-2-3-4-7-8(5)6;/h8H,2-4H2,1H3;1H3. The summed E-state index contributed by atoms with van der Waals surface area (Å²) in [6.07, 6.45) is 1.77. The summed E-state index contributed by atoms with van der Waals surface area (Å²) in [6, 6.07) is 0. The van der Waals surface area contributed by atoms with E-state index in [4.69, 9.17) is 0 Å². The fourth-order valence-corrected chi connectivity index (χ4v) is 0.562. The van der Waals surface area contributed by atoms with Crippen molar-refractivity contribution >= 4 is 11.0 Å². The Kier molecular flexibility index (Phi) is 10.2. The molecule has 0 rings (SSSR count). The third kappa shape index (κ3) is 11.4. The number of hydrogen-bond acceptors (Lipinski definition) is 4. The Morgan fingerprint density at radius 1 is 1.44 bits per heavy atom. The fraction of sp³-hybridized carbons (Fsp3) is 1.00. The molecule has 0 fully saturated rings. The summed E-state index contributed by atoms with van der Waals surface area (Å²) < 4.78 is 23.6. The molecule has 0 atom stereocenters. The van der Waals surface area contributed by atoms with Crippen LogP contribution in [0.3, 0.4) is 0 Å². The van der Waals surface area contributed by atoms with Gasteiger partial charge in [-0.15, -0.1) is 0 Å². The van der Waals surface area contributed by atoms with Crippen molar-refractivity contribution in [3.63, 3.8) is 0 Å². The van der Waals surface area contributed by atoms with Crippen molar-refractivity contribution < 1.29 is 12.6 Å². The largest absolute Gasteiger partial charge is 0.344 e. The molecule has 0 aliphatic rings. The lowest BCUT2D eigenvalue weighted by Crippen LogP contribution is -1.89. The summed E-state index contributed by atoms with van der Waals surface area (Å²) in [5.74, 6) is 0. The maximum atomic E-state index is 9.69. The van der Waals surface area contributed by atoms with Gasteiger partial charge >= 0.3 is 0 Å². The van der Waals surface area contributed by atoms with Crippen LogP contribution < -0.4 is 6.15 Å². The van der Waals surface area contributed by atoms with Crippen LogP contribution in [-0.4, -0.2) is 15.0 Å². The molecule has 3 N–H and O–H groups in total. The summed E-state index contributed by atoms with van der Waals surface area (Å²) >= 11 is 0. The van der Waals surface area contributed by atoms with E-state index in [1.165, 1.54) is 0 Å². The Morgan fingerprint density at radius 2 is 2.00 bits per heavy atom. The highest BCUT2D eigenvalue weighted by atomic mass is 32.2. The van der Waals surface area contributed by atoms with Gasteiger partial charge in [-0.25, -0.2) is 8.42 Å². The Hall–Kier alpha value is -0.130. The van der Waals surface area contributed by atoms with Gasteiger partial charge in [0, 0.05) is 0 Å². The first-order valence-electron chi connectivity index (χ1n) is 2.54. The zero-order chi connectivity index (χ0) is 6.41. The SMILES string of the molecule is CCCCO[SH](=O)=O.N. The van der Waals surface area contributed by atoms with Gasteiger partial charge in [-0.1, -0.05) is 13.3 Å². The van der Waals surface area contributed by atoms with E-state index >= 15 is 0 Å². The lowest BCUT2D eigenvalue weighted by molar-refractivity contribution is 0.325. The van der Waals surface area contributed by atoms with Gasteiger partial charge in [-0.05, 0) is 6.42 Å². The normalized spacial score (nSPS) is 9.11. The summed E-state index contributed by atoms with van der Waals surface area (Å²) in [4.78, 5) is 0. The molecule has 0 amide bonds. The third-order valence-electron chi connectivity index (χ3n) is 0.695. The van der Waals surface area contributed by atoms with Crippen molar-refractivity contribution in [2.24, 2.45) is 0 Å². The molecule has 0 radical (unpaired) electrons. The van der Waals surface area contributed by atoms with Crippen LogP contribution in [0.25, 0.3) is 0 Å². The number of unbranched alkanes of at least 4 members (excludes halogenated alkanes) is 1. The molecule has 0 spiro atoms. The fourth-order valence-electron chi connectivity index (χ4n) is 0.283. The van der Waals surface area contributed by atoms with Crippen LogP contribution >= 0.6 is 0 Å². The average molecular weight is 155 g/mol. The molecule has 0 saturated carbocycles. The Morgan fingerprint density at radius 3 is 2.33 bits per heavy atom. The molecule has 5 heteroatoms. The van der Waals surface area contributed by atoms with E-state index < -0.39 is 11.0 Å². The third-order valence-corrected chi connectivity index (χ3v) is 1.09. The van der Waals surface area contributed by atoms with Crippen LogP contribution in [0.1, 0.15) is 19.8 Å². The molecule has 0 aromatic heterocycles. The molecule has 0 aromatic rings. The van der Waals surface area contributed by atoms with Gasteiger partial charge in [-0.3, -0.25) is 4.18 Å². The molecular formula is C4H13NO3S. The molecular weight excluding hydrogens is 142 g/mol. The zero-order valence-electron chi connectivity index (χ0n) is 5.50. The van der Waals surface area contributed by atoms with Crippen LogP contribution in [0.5, 0.6) is 0 Å². The second-order valence-corrected chi connectivity index (χ2v) is 2.12. The molecule has 0 heterocycles. The molecule has 0 aliphatic carbocycles. The minimum absolute atomic E-state index is 0. The van der Waals surface area contributed by atoms with Crippen molar-refractivity contribution in [2.45, 2.75) is 19.8 Å². The van der Waals surface area contributed by atoms with Crippen molar-refractivity contribution in [2.75, 3.05) is 6.61 Å². The predicted octanol–water partition coefficient (Wildman–Crippen LogP) is 0.492. The highest BCUT2D eigenvalue weighted by molar-refractivity contribution is 7.67. The lowest BCUT2D eigenvalue weighted by Gasteiger charge is -1.89. The van der Waals surface area contributed by atoms with Crippen molar-refractivity contribution in [1.29, 1.82) is 0 Å². The van der Waals surface area contributed by atoms with E-state index in [0.717, 1.165) is 12.8 Å². The second kappa shape index (κ2) is 7.87. The first kappa shape index (κ1) is 11.6. The van der Waals surface area contributed by atoms with Gasteiger partial charge < -0.3 is 6.15 Å². The summed E-state index contributed by atoms with van der Waals surface area (Å²) in [7, 11) is -2.61. The molecule has 0 aliphatic heterocycles. The molecule has 0 aromatic carbocycles. The highest BCUT2D eigenvalue weighted by Gasteiger charge is 1.83. The first-order valence-corrected chi connectivity index (χ1v) is 3.64. The van der Waals surface area contributed by atoms with E-state index in [9.17, 15) is 8.42 Å². The van der Waals surface area contributed by atoms with Crippen LogP contribution in [0, 0.1) is 0 Å². The van der Waals surface area contributed by atoms with Gasteiger partial charge in [0.25, 0.3) is 11.0 Å². The topological polar surface area (TPSA) is 78.4 Å². The smallest absolute Gasteiger partial charge is 0.257 e. The van der Waals surface area contributed by atoms with E-state index in [1.807, 2.05) is 6.92 Å². The summed E-state index contributed by atoms with van der Waals surface area (Å²) in [5.41, 5.74) is 0. The zero-order valence-corrected chi connectivity index (χ0v) is 6.39. The van der Waals surface area contributed by atoms with Gasteiger partial charge in [-0.2, -0.15) is 0 Å². The summed E-state index contributed by atoms with van der Waals surface area (Å²) in [6.45, 7) is 2.30. The van der Waals surface area contributed by atoms with Gasteiger partial charge in [0.1, 0.15) is 0 Å². The van der Waals surface area contributed by atoms with Crippen molar-refractivity contribution in [3.8, 4) is 0 Å². The molecule has 4 nitrogen and oxygen atoms in total. The molecule has 58 valence electrons. The predicted molar refractivity (Wildman–Crippen MR) is 36.2 cm³/mol. The van der Waals surface area contributed by atoms with Crippen molar-refractivity contribution in [1.82, 2.24) is 6.15 Å². The van der Waals surface area contributed by atoms with Gasteiger partial charge in [0.15, 0.2) is 0 Å². The minimum atomic E-state index is -2.61. The number of rotatable bonds is 4. The Balaban J connectivity index is 0. The molecule has 9 heavy (non-hydrogen) atoms. The van der Waals surface area contributed by atoms with E-state index in [-0.39, 0.29) is 6.15 Å². The maximum absolute atomic E-state index is 9.69.